The van der Waals surface area contributed by atoms with Crippen LogP contribution in [0.3, 0.4) is 0 Å². The van der Waals surface area contributed by atoms with Gasteiger partial charge in [-0.15, -0.1) is 0 Å². The number of rotatable bonds is 68. The number of hydrogen-bond acceptors (Lipinski definition) is 8. The molecule has 9 nitrogen and oxygen atoms in total. The van der Waals surface area contributed by atoms with Crippen molar-refractivity contribution in [2.75, 3.05) is 47.5 Å². The van der Waals surface area contributed by atoms with Gasteiger partial charge in [-0.1, -0.05) is 314 Å². The van der Waals surface area contributed by atoms with Crippen molar-refractivity contribution in [1.82, 2.24) is 0 Å². The van der Waals surface area contributed by atoms with Crippen LogP contribution in [-0.4, -0.2) is 82.3 Å². The minimum Gasteiger partial charge on any atom is -0.545 e. The number of unbranched alkanes of at least 4 members (excludes halogenated alkanes) is 11. The summed E-state index contributed by atoms with van der Waals surface area (Å²) in [5.41, 5.74) is 0. The van der Waals surface area contributed by atoms with Gasteiger partial charge in [-0.2, -0.15) is 0 Å². The van der Waals surface area contributed by atoms with Crippen molar-refractivity contribution in [3.05, 3.63) is 255 Å². The summed E-state index contributed by atoms with van der Waals surface area (Å²) in [4.78, 5) is 37.6. The molecule has 0 amide bonds. The molecular formula is C92H139NO8. The Morgan fingerprint density at radius 1 is 0.297 bits per heavy atom. The summed E-state index contributed by atoms with van der Waals surface area (Å²) >= 11 is 0. The van der Waals surface area contributed by atoms with Crippen LogP contribution >= 0.6 is 0 Å². The smallest absolute Gasteiger partial charge is 0.306 e. The fourth-order valence-corrected chi connectivity index (χ4v) is 9.45. The minimum atomic E-state index is -1.65. The molecule has 0 aromatic carbocycles. The van der Waals surface area contributed by atoms with Crippen molar-refractivity contribution in [2.45, 2.75) is 257 Å². The minimum absolute atomic E-state index is 0.124. The number of carbonyl (C=O) groups excluding carboxylic acids is 3. The molecule has 0 radical (unpaired) electrons. The lowest BCUT2D eigenvalue weighted by Crippen LogP contribution is -2.44. The largest absolute Gasteiger partial charge is 0.545 e. The summed E-state index contributed by atoms with van der Waals surface area (Å²) in [7, 11) is 5.90. The highest BCUT2D eigenvalue weighted by Crippen LogP contribution is 2.14. The third-order valence-corrected chi connectivity index (χ3v) is 15.3. The predicted molar refractivity (Wildman–Crippen MR) is 434 cm³/mol. The first-order valence-electron chi connectivity index (χ1n) is 38.8. The van der Waals surface area contributed by atoms with Crippen molar-refractivity contribution in [3.8, 4) is 0 Å². The maximum absolute atomic E-state index is 12.9. The second-order valence-electron chi connectivity index (χ2n) is 25.8. The molecule has 0 heterocycles. The predicted octanol–water partition coefficient (Wildman–Crippen LogP) is 24.0. The van der Waals surface area contributed by atoms with Gasteiger partial charge in [0.25, 0.3) is 0 Å². The van der Waals surface area contributed by atoms with E-state index in [4.69, 9.17) is 18.9 Å². The molecule has 2 atom stereocenters. The topological polar surface area (TPSA) is 111 Å². The molecule has 9 heteroatoms. The van der Waals surface area contributed by atoms with Gasteiger partial charge in [0.1, 0.15) is 13.2 Å². The van der Waals surface area contributed by atoms with Gasteiger partial charge in [0.05, 0.1) is 40.3 Å². The third kappa shape index (κ3) is 80.0. The summed E-state index contributed by atoms with van der Waals surface area (Å²) in [6.45, 7) is 4.42. The molecule has 0 spiro atoms. The van der Waals surface area contributed by atoms with Crippen LogP contribution in [0, 0.1) is 0 Å². The van der Waals surface area contributed by atoms with Crippen LogP contribution in [0.5, 0.6) is 0 Å². The Kier molecular flexibility index (Phi) is 73.0. The average molecular weight is 1390 g/mol. The van der Waals surface area contributed by atoms with Gasteiger partial charge in [0.2, 0.25) is 0 Å². The number of aliphatic carboxylic acids is 1. The Hall–Kier alpha value is -7.17. The van der Waals surface area contributed by atoms with Crippen molar-refractivity contribution in [1.29, 1.82) is 0 Å². The quantitative estimate of drug-likeness (QED) is 0.0195. The van der Waals surface area contributed by atoms with E-state index in [9.17, 15) is 19.5 Å². The zero-order valence-corrected chi connectivity index (χ0v) is 63.9. The molecule has 0 fully saturated rings. The van der Waals surface area contributed by atoms with Crippen LogP contribution in [0.4, 0.5) is 0 Å². The van der Waals surface area contributed by atoms with E-state index in [0.717, 1.165) is 173 Å². The molecule has 0 aromatic heterocycles. The van der Waals surface area contributed by atoms with Gasteiger partial charge in [-0.3, -0.25) is 9.59 Å². The Bertz CT molecular complexity index is 2620. The summed E-state index contributed by atoms with van der Waals surface area (Å²) in [5.74, 6) is -2.38. The molecule has 0 aromatic rings. The van der Waals surface area contributed by atoms with Crippen molar-refractivity contribution >= 4 is 17.9 Å². The number of quaternary nitrogens is 1. The van der Waals surface area contributed by atoms with Crippen LogP contribution in [0.2, 0.25) is 0 Å². The molecule has 0 saturated carbocycles. The monoisotopic (exact) mass is 1390 g/mol. The molecule has 560 valence electrons. The van der Waals surface area contributed by atoms with E-state index < -0.39 is 24.3 Å². The van der Waals surface area contributed by atoms with E-state index in [1.165, 1.54) is 32.1 Å². The number of ether oxygens (including phenoxy) is 4. The highest BCUT2D eigenvalue weighted by atomic mass is 16.7. The normalized spacial score (nSPS) is 14.1. The number of hydrogen-bond donors (Lipinski definition) is 0. The number of nitrogens with zero attached hydrogens (tertiary/aromatic N) is 1. The summed E-state index contributed by atoms with van der Waals surface area (Å²) < 4.78 is 22.7. The van der Waals surface area contributed by atoms with Gasteiger partial charge in [0, 0.05) is 12.8 Å². The Morgan fingerprint density at radius 3 is 0.812 bits per heavy atom. The van der Waals surface area contributed by atoms with Crippen molar-refractivity contribution < 1.29 is 42.9 Å². The first kappa shape index (κ1) is 93.8. The van der Waals surface area contributed by atoms with Crippen molar-refractivity contribution in [2.24, 2.45) is 0 Å². The maximum atomic E-state index is 12.9. The highest BCUT2D eigenvalue weighted by molar-refractivity contribution is 5.70. The lowest BCUT2D eigenvalue weighted by atomic mass is 10.1. The number of allylic oxidation sites excluding steroid dienone is 42. The molecule has 0 bridgehead atoms. The van der Waals surface area contributed by atoms with E-state index in [0.29, 0.717) is 23.9 Å². The van der Waals surface area contributed by atoms with Gasteiger partial charge in [-0.05, 0) is 173 Å². The SMILES string of the molecule is CC/C=C\C/C=C\C/C=C\C/C=C\C/C=C\C/C=C\C/C=C\C/C=C\C/C=C\C/C=C\C/C=C\C/C=C\CCCCC(=O)OC(COC(=O)CCCCCCCCCCC/C=C\C/C=C\C/C=C\C/C=C\C/C=C\C/C=C\C/C=C\C/C=C\C/C=C\CC)COC(OCC[N+](C)(C)C)C(=O)[O-]. The number of esters is 2. The standard InChI is InChI=1S/C92H139NO8/c1-6-8-10-12-14-16-18-20-22-24-26-28-30-32-34-36-38-40-42-44-45-47-49-51-53-55-57-59-61-63-65-67-69-71-73-75-77-79-81-83-90(95)101-88(87-100-92(91(96)97)98-85-84-93(3,4)5)86-99-89(94)82-80-78-76-74-72-70-68-66-64-62-60-58-56-54-52-50-48-46-43-41-39-37-35-33-31-29-27-25-23-21-19-17-15-13-11-9-7-2/h8-11,14-17,20-23,26-29,32-35,38-41,44-46,48-49,51-52,54-55,57-58,60-61,63,67,69,73,75,88,92H,6-7,12-13,18-19,24-25,30-31,36-37,42-43,47,50,53,56,59,62,64-66,68,70-72,74,76-87H2,1-5H3/b10-8-,11-9-,16-14-,17-15-,22-20-,23-21-,28-26-,29-27-,34-32-,35-33-,40-38-,41-39-,45-44-,48-46-,51-49-,54-52-,57-55-,60-58-,63-61-,69-67-,75-73-. The summed E-state index contributed by atoms with van der Waals surface area (Å²) in [6, 6.07) is 0. The zero-order valence-electron chi connectivity index (χ0n) is 63.9. The molecule has 101 heavy (non-hydrogen) atoms. The second kappa shape index (κ2) is 78.5. The summed E-state index contributed by atoms with van der Waals surface area (Å²) in [5, 5.41) is 11.9. The molecule has 2 unspecified atom stereocenters. The molecule has 0 rings (SSSR count). The second-order valence-corrected chi connectivity index (χ2v) is 25.8. The van der Waals surface area contributed by atoms with Crippen LogP contribution in [-0.2, 0) is 33.3 Å². The van der Waals surface area contributed by atoms with Crippen LogP contribution in [0.25, 0.3) is 0 Å². The number of carbonyl (C=O) groups is 3. The first-order valence-corrected chi connectivity index (χ1v) is 38.8. The molecule has 0 N–H and O–H groups in total. The average Bonchev–Trinajstić information content (AvgIpc) is 1.21. The fourth-order valence-electron chi connectivity index (χ4n) is 9.45. The molecule has 0 saturated heterocycles. The number of likely N-dealkylation sites (N-methyl/N-ethyl adjacent to an activating group) is 1. The molecule has 0 aliphatic heterocycles. The van der Waals surface area contributed by atoms with Crippen molar-refractivity contribution in [3.63, 3.8) is 0 Å². The van der Waals surface area contributed by atoms with Gasteiger partial charge >= 0.3 is 11.9 Å². The summed E-state index contributed by atoms with van der Waals surface area (Å²) in [6.07, 6.45) is 125. The van der Waals surface area contributed by atoms with Crippen LogP contribution < -0.4 is 5.11 Å². The van der Waals surface area contributed by atoms with Crippen LogP contribution in [0.1, 0.15) is 245 Å². The Balaban J connectivity index is 4.27. The van der Waals surface area contributed by atoms with Gasteiger partial charge in [0.15, 0.2) is 12.4 Å². The lowest BCUT2D eigenvalue weighted by molar-refractivity contribution is -0.870. The number of carboxylic acid groups (broad SMARTS) is 1. The molecule has 0 aliphatic rings. The van der Waals surface area contributed by atoms with Gasteiger partial charge < -0.3 is 33.3 Å². The van der Waals surface area contributed by atoms with E-state index in [1.807, 2.05) is 21.1 Å². The van der Waals surface area contributed by atoms with Gasteiger partial charge in [-0.25, -0.2) is 0 Å². The van der Waals surface area contributed by atoms with E-state index >= 15 is 0 Å². The van der Waals surface area contributed by atoms with E-state index in [1.54, 1.807) is 0 Å². The molecular weight excluding hydrogens is 1250 g/mol. The molecule has 0 aliphatic carbocycles. The van der Waals surface area contributed by atoms with Crippen LogP contribution in [0.15, 0.2) is 255 Å². The highest BCUT2D eigenvalue weighted by Gasteiger charge is 2.22. The lowest BCUT2D eigenvalue weighted by Gasteiger charge is -2.26. The third-order valence-electron chi connectivity index (χ3n) is 15.3. The maximum Gasteiger partial charge on any atom is 0.306 e. The van der Waals surface area contributed by atoms with E-state index in [-0.39, 0.29) is 38.6 Å². The zero-order chi connectivity index (χ0) is 73.2. The Labute approximate surface area is 617 Å². The number of carboxylic acids is 1. The van der Waals surface area contributed by atoms with E-state index in [2.05, 4.69) is 269 Å². The fraction of sp³-hybridized carbons (Fsp3) is 0.511. The first-order chi connectivity index (χ1) is 49.6. The Morgan fingerprint density at radius 2 is 0.535 bits per heavy atom.